The molecule has 0 aliphatic rings. The number of benzene rings is 1. The SMILES string of the molecule is CCCN(CCC)C(=O)c1ccc(NC(=O)NOCCO)cc1. The Kier molecular flexibility index (Phi) is 8.71. The van der Waals surface area contributed by atoms with E-state index in [0.717, 1.165) is 25.9 Å². The number of amides is 3. The third-order valence-electron chi connectivity index (χ3n) is 3.02. The highest BCUT2D eigenvalue weighted by molar-refractivity contribution is 5.95. The Hall–Kier alpha value is -2.12. The second-order valence-electron chi connectivity index (χ2n) is 5.00. The largest absolute Gasteiger partial charge is 0.394 e. The highest BCUT2D eigenvalue weighted by Gasteiger charge is 2.14. The predicted octanol–water partition coefficient (Wildman–Crippen LogP) is 1.99. The van der Waals surface area contributed by atoms with Crippen LogP contribution in [0.4, 0.5) is 10.5 Å². The number of hydrogen-bond donors (Lipinski definition) is 3. The molecular weight excluding hydrogens is 298 g/mol. The van der Waals surface area contributed by atoms with Crippen molar-refractivity contribution >= 4 is 17.6 Å². The van der Waals surface area contributed by atoms with E-state index in [1.54, 1.807) is 24.3 Å². The van der Waals surface area contributed by atoms with E-state index in [4.69, 9.17) is 9.94 Å². The van der Waals surface area contributed by atoms with Crippen LogP contribution in [0.25, 0.3) is 0 Å². The quantitative estimate of drug-likeness (QED) is 0.479. The molecule has 0 aliphatic carbocycles. The Morgan fingerprint density at radius 3 is 2.26 bits per heavy atom. The number of carbonyl (C=O) groups is 2. The van der Waals surface area contributed by atoms with Gasteiger partial charge in [0, 0.05) is 24.3 Å². The van der Waals surface area contributed by atoms with Crippen molar-refractivity contribution in [3.63, 3.8) is 0 Å². The number of nitrogens with one attached hydrogen (secondary N) is 2. The van der Waals surface area contributed by atoms with E-state index in [0.29, 0.717) is 11.3 Å². The first-order valence-electron chi connectivity index (χ1n) is 7.81. The number of urea groups is 1. The molecule has 0 saturated heterocycles. The van der Waals surface area contributed by atoms with Gasteiger partial charge in [-0.1, -0.05) is 13.8 Å². The molecule has 0 heterocycles. The Morgan fingerprint density at radius 1 is 1.13 bits per heavy atom. The summed E-state index contributed by atoms with van der Waals surface area (Å²) in [4.78, 5) is 30.4. The van der Waals surface area contributed by atoms with E-state index in [1.165, 1.54) is 0 Å². The van der Waals surface area contributed by atoms with Gasteiger partial charge in [-0.15, -0.1) is 0 Å². The first kappa shape index (κ1) is 18.9. The molecular formula is C16H25N3O4. The van der Waals surface area contributed by atoms with Crippen molar-refractivity contribution in [2.45, 2.75) is 26.7 Å². The van der Waals surface area contributed by atoms with E-state index in [-0.39, 0.29) is 19.1 Å². The summed E-state index contributed by atoms with van der Waals surface area (Å²) in [7, 11) is 0. The van der Waals surface area contributed by atoms with Gasteiger partial charge in [0.2, 0.25) is 0 Å². The lowest BCUT2D eigenvalue weighted by Gasteiger charge is -2.21. The van der Waals surface area contributed by atoms with Crippen LogP contribution in [0.15, 0.2) is 24.3 Å². The Morgan fingerprint density at radius 2 is 1.74 bits per heavy atom. The molecule has 0 aromatic heterocycles. The summed E-state index contributed by atoms with van der Waals surface area (Å²) in [6.07, 6.45) is 1.83. The van der Waals surface area contributed by atoms with Crippen LogP contribution in [0.2, 0.25) is 0 Å². The Labute approximate surface area is 136 Å². The van der Waals surface area contributed by atoms with Gasteiger partial charge in [-0.05, 0) is 37.1 Å². The van der Waals surface area contributed by atoms with Gasteiger partial charge < -0.3 is 15.3 Å². The van der Waals surface area contributed by atoms with Crippen molar-refractivity contribution in [1.29, 1.82) is 0 Å². The highest BCUT2D eigenvalue weighted by atomic mass is 16.7. The van der Waals surface area contributed by atoms with Gasteiger partial charge in [0.15, 0.2) is 0 Å². The molecule has 3 amide bonds. The van der Waals surface area contributed by atoms with Gasteiger partial charge in [0.05, 0.1) is 13.2 Å². The number of nitrogens with zero attached hydrogens (tertiary/aromatic N) is 1. The number of carbonyl (C=O) groups excluding carboxylic acids is 2. The molecule has 23 heavy (non-hydrogen) atoms. The minimum absolute atomic E-state index is 0.00372. The van der Waals surface area contributed by atoms with E-state index >= 15 is 0 Å². The van der Waals surface area contributed by atoms with Gasteiger partial charge in [-0.3, -0.25) is 9.63 Å². The molecule has 0 aliphatic heterocycles. The zero-order chi connectivity index (χ0) is 17.1. The van der Waals surface area contributed by atoms with Gasteiger partial charge >= 0.3 is 6.03 Å². The Bertz CT molecular complexity index is 485. The minimum Gasteiger partial charge on any atom is -0.394 e. The molecule has 1 rings (SSSR count). The van der Waals surface area contributed by atoms with Crippen molar-refractivity contribution in [3.05, 3.63) is 29.8 Å². The zero-order valence-electron chi connectivity index (χ0n) is 13.7. The molecule has 0 spiro atoms. The van der Waals surface area contributed by atoms with Gasteiger partial charge in [-0.2, -0.15) is 0 Å². The van der Waals surface area contributed by atoms with E-state index in [1.807, 2.05) is 18.7 Å². The fraction of sp³-hybridized carbons (Fsp3) is 0.500. The fourth-order valence-corrected chi connectivity index (χ4v) is 2.05. The van der Waals surface area contributed by atoms with Crippen LogP contribution in [0, 0.1) is 0 Å². The number of aliphatic hydroxyl groups is 1. The lowest BCUT2D eigenvalue weighted by Crippen LogP contribution is -2.32. The summed E-state index contributed by atoms with van der Waals surface area (Å²) in [5.74, 6) is -0.00372. The average Bonchev–Trinajstić information content (AvgIpc) is 2.55. The van der Waals surface area contributed by atoms with Crippen molar-refractivity contribution in [2.75, 3.05) is 31.6 Å². The summed E-state index contributed by atoms with van der Waals surface area (Å²) in [5, 5.41) is 11.1. The number of rotatable bonds is 9. The molecule has 7 heteroatoms. The van der Waals surface area contributed by atoms with Gasteiger partial charge in [-0.25, -0.2) is 10.3 Å². The second-order valence-corrected chi connectivity index (χ2v) is 5.00. The minimum atomic E-state index is -0.545. The molecule has 0 radical (unpaired) electrons. The molecule has 7 nitrogen and oxygen atoms in total. The van der Waals surface area contributed by atoms with Gasteiger partial charge in [0.25, 0.3) is 5.91 Å². The molecule has 3 N–H and O–H groups in total. The number of hydrogen-bond acceptors (Lipinski definition) is 4. The summed E-state index contributed by atoms with van der Waals surface area (Å²) < 4.78 is 0. The van der Waals surface area contributed by atoms with Crippen LogP contribution in [0.1, 0.15) is 37.0 Å². The zero-order valence-corrected chi connectivity index (χ0v) is 13.7. The lowest BCUT2D eigenvalue weighted by atomic mass is 10.1. The third-order valence-corrected chi connectivity index (χ3v) is 3.02. The first-order chi connectivity index (χ1) is 11.1. The van der Waals surface area contributed by atoms with Crippen LogP contribution in [0.3, 0.4) is 0 Å². The van der Waals surface area contributed by atoms with E-state index in [2.05, 4.69) is 10.8 Å². The lowest BCUT2D eigenvalue weighted by molar-refractivity contribution is 0.0400. The first-order valence-corrected chi connectivity index (χ1v) is 7.81. The van der Waals surface area contributed by atoms with Crippen molar-refractivity contribution < 1.29 is 19.5 Å². The van der Waals surface area contributed by atoms with Crippen molar-refractivity contribution in [1.82, 2.24) is 10.4 Å². The summed E-state index contributed by atoms with van der Waals surface area (Å²) in [6.45, 7) is 5.39. The molecule has 0 saturated carbocycles. The van der Waals surface area contributed by atoms with Gasteiger partial charge in [0.1, 0.15) is 0 Å². The van der Waals surface area contributed by atoms with E-state index < -0.39 is 6.03 Å². The maximum absolute atomic E-state index is 12.4. The monoisotopic (exact) mass is 323 g/mol. The molecule has 0 atom stereocenters. The second kappa shape index (κ2) is 10.6. The number of aliphatic hydroxyl groups excluding tert-OH is 1. The topological polar surface area (TPSA) is 90.9 Å². The molecule has 0 bridgehead atoms. The van der Waals surface area contributed by atoms with Crippen LogP contribution in [-0.2, 0) is 4.84 Å². The van der Waals surface area contributed by atoms with E-state index in [9.17, 15) is 9.59 Å². The third kappa shape index (κ3) is 6.66. The van der Waals surface area contributed by atoms with Crippen LogP contribution in [0.5, 0.6) is 0 Å². The summed E-state index contributed by atoms with van der Waals surface area (Å²) in [6, 6.07) is 6.15. The fourth-order valence-electron chi connectivity index (χ4n) is 2.05. The maximum atomic E-state index is 12.4. The standard InChI is InChI=1S/C16H25N3O4/c1-3-9-19(10-4-2)15(21)13-5-7-14(8-6-13)17-16(22)18-23-12-11-20/h5-8,20H,3-4,9-12H2,1-2H3,(H2,17,18,22). The molecule has 1 aromatic rings. The molecule has 0 fully saturated rings. The number of hydroxylamine groups is 1. The molecule has 1 aromatic carbocycles. The number of anilines is 1. The van der Waals surface area contributed by atoms with Crippen LogP contribution >= 0.6 is 0 Å². The highest BCUT2D eigenvalue weighted by Crippen LogP contribution is 2.12. The summed E-state index contributed by atoms with van der Waals surface area (Å²) >= 11 is 0. The van der Waals surface area contributed by atoms with Crippen LogP contribution < -0.4 is 10.8 Å². The van der Waals surface area contributed by atoms with Crippen molar-refractivity contribution in [2.24, 2.45) is 0 Å². The maximum Gasteiger partial charge on any atom is 0.343 e. The molecule has 128 valence electrons. The molecule has 0 unspecified atom stereocenters. The van der Waals surface area contributed by atoms with Crippen LogP contribution in [-0.4, -0.2) is 48.2 Å². The smallest absolute Gasteiger partial charge is 0.343 e. The Balaban J connectivity index is 2.61. The normalized spacial score (nSPS) is 10.2. The predicted molar refractivity (Wildman–Crippen MR) is 88.1 cm³/mol. The summed E-state index contributed by atoms with van der Waals surface area (Å²) in [5.41, 5.74) is 3.27. The average molecular weight is 323 g/mol. The van der Waals surface area contributed by atoms with Crippen molar-refractivity contribution in [3.8, 4) is 0 Å².